The van der Waals surface area contributed by atoms with Crippen LogP contribution in [0.5, 0.6) is 0 Å². The largest absolute Gasteiger partial charge is 0.480 e. The van der Waals surface area contributed by atoms with Crippen molar-refractivity contribution in [3.63, 3.8) is 0 Å². The highest BCUT2D eigenvalue weighted by atomic mass is 16.4. The minimum Gasteiger partial charge on any atom is -0.480 e. The Labute approximate surface area is 605 Å². The smallest absolute Gasteiger partial charge is 0.328 e. The van der Waals surface area contributed by atoms with Crippen molar-refractivity contribution >= 4 is 100 Å². The van der Waals surface area contributed by atoms with Gasteiger partial charge in [-0.15, -0.1) is 0 Å². The summed E-state index contributed by atoms with van der Waals surface area (Å²) < 4.78 is 0. The molecular weight excluding hydrogens is 1390 g/mol. The van der Waals surface area contributed by atoms with Gasteiger partial charge in [0, 0.05) is 13.0 Å². The van der Waals surface area contributed by atoms with Crippen LogP contribution in [0.2, 0.25) is 0 Å². The number of benzene rings is 1. The third-order valence-electron chi connectivity index (χ3n) is 17.5. The summed E-state index contributed by atoms with van der Waals surface area (Å²) in [4.78, 5) is 228. The van der Waals surface area contributed by atoms with Gasteiger partial charge < -0.3 is 122 Å². The Bertz CT molecular complexity index is 3240. The Morgan fingerprint density at radius 2 is 0.781 bits per heavy atom. The van der Waals surface area contributed by atoms with Crippen molar-refractivity contribution in [1.82, 2.24) is 68.7 Å². The minimum absolute atomic E-state index is 0.0152. The summed E-state index contributed by atoms with van der Waals surface area (Å²) in [6.07, 6.45) is -7.00. The lowest BCUT2D eigenvalue weighted by Crippen LogP contribution is -2.63. The van der Waals surface area contributed by atoms with E-state index in [2.05, 4.69) is 58.5 Å². The fraction of sp³-hybridized carbons (Fsp3) is 0.646. The van der Waals surface area contributed by atoms with Crippen LogP contribution in [0.25, 0.3) is 0 Å². The molecule has 1 aliphatic rings. The first-order valence-electron chi connectivity index (χ1n) is 34.2. The molecule has 1 aromatic rings. The highest BCUT2D eigenvalue weighted by Crippen LogP contribution is 2.23. The number of aliphatic hydroxyl groups excluding tert-OH is 5. The Balaban J connectivity index is 2.39. The molecule has 0 spiro atoms. The summed E-state index contributed by atoms with van der Waals surface area (Å²) in [6.45, 7) is 12.0. The fourth-order valence-corrected chi connectivity index (χ4v) is 10.6. The molecule has 0 saturated carbocycles. The predicted molar refractivity (Wildman–Crippen MR) is 368 cm³/mol. The summed E-state index contributed by atoms with van der Waals surface area (Å²) in [5.41, 5.74) is 21.9. The van der Waals surface area contributed by atoms with Crippen LogP contribution in [-0.4, -0.2) is 259 Å². The molecule has 20 atom stereocenters. The van der Waals surface area contributed by atoms with Crippen molar-refractivity contribution in [3.05, 3.63) is 35.9 Å². The Hall–Kier alpha value is -10.0. The molecule has 16 amide bonds. The number of likely N-dealkylation sites (tertiary alicyclic amines) is 1. The third kappa shape index (κ3) is 28.9. The van der Waals surface area contributed by atoms with Gasteiger partial charge in [0.05, 0.1) is 56.8 Å². The summed E-state index contributed by atoms with van der Waals surface area (Å²) in [5, 5.41) is 89.2. The molecule has 26 N–H and O–H groups in total. The second-order valence-corrected chi connectivity index (χ2v) is 26.0. The summed E-state index contributed by atoms with van der Waals surface area (Å²) in [7, 11) is 0. The second-order valence-electron chi connectivity index (χ2n) is 26.0. The topological polar surface area (TPSA) is 663 Å². The zero-order valence-corrected chi connectivity index (χ0v) is 60.3. The number of nitrogens with one attached hydrogen (secondary N) is 12. The van der Waals surface area contributed by atoms with Crippen LogP contribution < -0.4 is 86.7 Å². The Morgan fingerprint density at radius 3 is 1.23 bits per heavy atom. The maximum absolute atomic E-state index is 14.6. The predicted octanol–water partition coefficient (Wildman–Crippen LogP) is -9.64. The number of aliphatic carboxylic acids is 1. The van der Waals surface area contributed by atoms with Gasteiger partial charge in [-0.3, -0.25) is 76.7 Å². The number of carbonyl (C=O) groups excluding carboxylic acids is 16. The van der Waals surface area contributed by atoms with E-state index in [9.17, 15) is 112 Å². The molecule has 0 bridgehead atoms. The Morgan fingerprint density at radius 1 is 0.429 bits per heavy atom. The van der Waals surface area contributed by atoms with E-state index in [1.54, 1.807) is 65.0 Å². The SMILES string of the molecule is CC[C@H](C)[C@H](NC(=O)[C@H](CO)NC(=O)[C@H](CC(N)=O)NC(=O)[C@@H](N)CC(N)=O)C(=O)N[C@@H](C)C(=O)N[C@H](C(=O)N1CCC[C@H]1C(=O)N[C@H](C(=O)N[C@@H](CC(N)=O)C(=O)N[C@@H](Cc1ccccc1)C(=O)N[C@H](C(=O)N[C@H](C(=O)N[C@@H](CO)C(=O)N[C@H](C(=O)O)[C@@H](C)O)[C@@H](C)CC)[C@@H](C)O)[C@@H](C)O)[C@@H](C)CC. The molecule has 0 radical (unpaired) electrons. The van der Waals surface area contributed by atoms with Crippen LogP contribution in [0.4, 0.5) is 0 Å². The second kappa shape index (κ2) is 43.9. The van der Waals surface area contributed by atoms with Gasteiger partial charge in [0.2, 0.25) is 94.5 Å². The number of carboxylic acids is 1. The monoisotopic (exact) mass is 1490 g/mol. The molecule has 0 unspecified atom stereocenters. The van der Waals surface area contributed by atoms with E-state index in [0.29, 0.717) is 5.56 Å². The number of hydrogen-bond donors (Lipinski definition) is 22. The summed E-state index contributed by atoms with van der Waals surface area (Å²) >= 11 is 0. The highest BCUT2D eigenvalue weighted by Gasteiger charge is 2.44. The van der Waals surface area contributed by atoms with Gasteiger partial charge in [0.1, 0.15) is 72.5 Å². The summed E-state index contributed by atoms with van der Waals surface area (Å²) in [5.74, 6) is -21.2. The third-order valence-corrected chi connectivity index (χ3v) is 17.5. The number of primary amides is 3. The van der Waals surface area contributed by atoms with Gasteiger partial charge in [-0.25, -0.2) is 4.79 Å². The van der Waals surface area contributed by atoms with Crippen LogP contribution >= 0.6 is 0 Å². The van der Waals surface area contributed by atoms with Crippen LogP contribution in [0.3, 0.4) is 0 Å². The number of carboxylic acid groups (broad SMARTS) is 1. The molecule has 105 heavy (non-hydrogen) atoms. The van der Waals surface area contributed by atoms with Crippen molar-refractivity contribution < 1.29 is 112 Å². The number of carbonyl (C=O) groups is 17. The molecule has 1 aromatic carbocycles. The highest BCUT2D eigenvalue weighted by molar-refractivity contribution is 6.02. The van der Waals surface area contributed by atoms with E-state index < -0.39 is 254 Å². The zero-order chi connectivity index (χ0) is 80.0. The molecule has 1 fully saturated rings. The molecule has 2 rings (SSSR count). The number of nitrogens with two attached hydrogens (primary N) is 4. The lowest BCUT2D eigenvalue weighted by Gasteiger charge is -2.33. The molecule has 1 saturated heterocycles. The van der Waals surface area contributed by atoms with E-state index >= 15 is 0 Å². The quantitative estimate of drug-likeness (QED) is 0.0288. The lowest BCUT2D eigenvalue weighted by molar-refractivity contribution is -0.145. The van der Waals surface area contributed by atoms with E-state index in [0.717, 1.165) is 25.7 Å². The van der Waals surface area contributed by atoms with Gasteiger partial charge in [0.15, 0.2) is 6.04 Å². The van der Waals surface area contributed by atoms with Gasteiger partial charge in [-0.05, 0) is 63.9 Å². The number of amides is 16. The summed E-state index contributed by atoms with van der Waals surface area (Å²) in [6, 6.07) is -15.6. The molecule has 0 aromatic heterocycles. The fourth-order valence-electron chi connectivity index (χ4n) is 10.6. The lowest BCUT2D eigenvalue weighted by atomic mass is 9.96. The van der Waals surface area contributed by atoms with Crippen molar-refractivity contribution in [2.75, 3.05) is 19.8 Å². The molecule has 1 aliphatic heterocycles. The molecule has 1 heterocycles. The van der Waals surface area contributed by atoms with Crippen LogP contribution in [-0.2, 0) is 87.9 Å². The number of aliphatic hydroxyl groups is 5. The first-order chi connectivity index (χ1) is 49.1. The van der Waals surface area contributed by atoms with Crippen LogP contribution in [0.15, 0.2) is 30.3 Å². The number of hydrogen-bond acceptors (Lipinski definition) is 23. The van der Waals surface area contributed by atoms with E-state index in [1.165, 1.54) is 13.8 Å². The average Bonchev–Trinajstić information content (AvgIpc) is 1.71. The van der Waals surface area contributed by atoms with Gasteiger partial charge in [-0.1, -0.05) is 91.1 Å². The average molecular weight is 1490 g/mol. The van der Waals surface area contributed by atoms with Gasteiger partial charge in [0.25, 0.3) is 0 Å². The van der Waals surface area contributed by atoms with Crippen molar-refractivity contribution in [1.29, 1.82) is 0 Å². The first kappa shape index (κ1) is 91.1. The van der Waals surface area contributed by atoms with Crippen LogP contribution in [0.1, 0.15) is 126 Å². The number of nitrogens with zero attached hydrogens (tertiary/aromatic N) is 1. The van der Waals surface area contributed by atoms with Gasteiger partial charge >= 0.3 is 5.97 Å². The normalized spacial score (nSPS) is 18.1. The zero-order valence-electron chi connectivity index (χ0n) is 60.3. The number of rotatable bonds is 45. The maximum Gasteiger partial charge on any atom is 0.328 e. The van der Waals surface area contributed by atoms with Crippen molar-refractivity contribution in [3.8, 4) is 0 Å². The van der Waals surface area contributed by atoms with Gasteiger partial charge in [-0.2, -0.15) is 0 Å². The maximum atomic E-state index is 14.6. The van der Waals surface area contributed by atoms with E-state index in [-0.39, 0.29) is 45.1 Å². The standard InChI is InChI=1S/C65H105N17O23/c1-11-28(4)46(76-57(96)40(26-83)74-55(94)38(24-44(68)89)71-53(92)36(66)23-43(67)88)60(99)70-31(7)52(91)78-48(30(6)13-3)64(103)82-21-17-20-42(82)59(98)80-49(32(8)85)62(101)73-39(25-45(69)90)54(93)72-37(22-35-18-15-14-16-19-35)56(95)79-50(33(9)86)63(102)77-47(29(5)12-2)61(100)75-41(27-84)58(97)81-51(34(10)87)65(104)105/h14-16,18-19,28-34,36-42,46-51,83-87H,11-13,17,20-27,66H2,1-10H3,(H2,67,88)(H2,68,89)(H2,69,90)(H,70,99)(H,71,92)(H,72,93)(H,73,101)(H,74,94)(H,75,100)(H,76,96)(H,77,102)(H,78,91)(H,79,95)(H,80,98)(H,81,97)(H,104,105)/t28-,29-,30-,31-,32+,33+,34+,36-,37-,38-,39-,40-,41-,42-,46-,47-,48-,49-,50-,51-/m0/s1. The first-order valence-corrected chi connectivity index (χ1v) is 34.2. The van der Waals surface area contributed by atoms with Crippen molar-refractivity contribution in [2.45, 2.75) is 230 Å². The molecule has 0 aliphatic carbocycles. The molecule has 40 heteroatoms. The minimum atomic E-state index is -1.96. The van der Waals surface area contributed by atoms with Crippen LogP contribution in [0, 0.1) is 17.8 Å². The van der Waals surface area contributed by atoms with Crippen molar-refractivity contribution in [2.24, 2.45) is 40.7 Å². The molecule has 588 valence electrons. The molecule has 40 nitrogen and oxygen atoms in total. The molecular formula is C65H105N17O23. The van der Waals surface area contributed by atoms with E-state index in [1.807, 2.05) is 5.32 Å². The Kier molecular flexibility index (Phi) is 38.1. The van der Waals surface area contributed by atoms with E-state index in [4.69, 9.17) is 22.9 Å².